The van der Waals surface area contributed by atoms with Crippen molar-refractivity contribution < 1.29 is 14.3 Å². The normalized spacial score (nSPS) is 25.1. The predicted molar refractivity (Wildman–Crippen MR) is 87.0 cm³/mol. The number of nitrogens with zero attached hydrogens (tertiary/aromatic N) is 1. The topological polar surface area (TPSA) is 71.3 Å². The Morgan fingerprint density at radius 2 is 2.00 bits per heavy atom. The van der Waals surface area contributed by atoms with Crippen LogP contribution in [0.3, 0.4) is 0 Å². The molecule has 0 saturated heterocycles. The minimum Gasteiger partial charge on any atom is -0.479 e. The lowest BCUT2D eigenvalue weighted by Gasteiger charge is -2.59. The fourth-order valence-corrected chi connectivity index (χ4v) is 2.97. The number of carbonyl (C=O) groups is 1. The van der Waals surface area contributed by atoms with Gasteiger partial charge in [-0.3, -0.25) is 4.79 Å². The first-order chi connectivity index (χ1) is 10.8. The zero-order valence-corrected chi connectivity index (χ0v) is 14.2. The maximum Gasteiger partial charge on any atom is 0.224 e. The van der Waals surface area contributed by atoms with E-state index in [2.05, 4.69) is 26.1 Å². The number of methoxy groups -OCH3 is 1. The highest BCUT2D eigenvalue weighted by Crippen LogP contribution is 2.51. The van der Waals surface area contributed by atoms with Crippen LogP contribution in [-0.4, -0.2) is 31.3 Å². The second-order valence-corrected chi connectivity index (χ2v) is 6.75. The van der Waals surface area contributed by atoms with Crippen LogP contribution in [0.5, 0.6) is 5.75 Å². The monoisotopic (exact) mass is 316 g/mol. The number of hydrogen-bond donors (Lipinski definition) is 1. The van der Waals surface area contributed by atoms with E-state index < -0.39 is 0 Å². The van der Waals surface area contributed by atoms with Crippen molar-refractivity contribution >= 4 is 5.91 Å². The maximum atomic E-state index is 12.2. The van der Waals surface area contributed by atoms with Crippen molar-refractivity contribution in [3.8, 4) is 11.8 Å². The molecule has 5 heteroatoms. The van der Waals surface area contributed by atoms with Gasteiger partial charge in [-0.05, 0) is 31.0 Å². The van der Waals surface area contributed by atoms with Gasteiger partial charge in [0, 0.05) is 18.6 Å². The summed E-state index contributed by atoms with van der Waals surface area (Å²) in [6.45, 7) is 6.34. The molecule has 1 aliphatic rings. The number of rotatable bonds is 6. The predicted octanol–water partition coefficient (Wildman–Crippen LogP) is 2.45. The van der Waals surface area contributed by atoms with Gasteiger partial charge in [-0.25, -0.2) is 0 Å². The molecule has 0 aliphatic heterocycles. The molecule has 0 aromatic heterocycles. The van der Waals surface area contributed by atoms with Gasteiger partial charge in [-0.15, -0.1) is 0 Å². The highest BCUT2D eigenvalue weighted by Gasteiger charge is 2.58. The number of carbonyl (C=O) groups excluding carboxylic acids is 1. The molecule has 2 atom stereocenters. The number of nitriles is 1. The Morgan fingerprint density at radius 3 is 2.52 bits per heavy atom. The van der Waals surface area contributed by atoms with Gasteiger partial charge in [0.25, 0.3) is 0 Å². The molecule has 1 amide bonds. The molecular formula is C18H24N2O3. The SMILES string of the molecule is CO[C@@]1(C)C[C@@H](NC(=O)Cc2ccc(OCC#N)cc2)C1(C)C. The molecule has 1 aromatic rings. The summed E-state index contributed by atoms with van der Waals surface area (Å²) in [7, 11) is 1.72. The zero-order valence-electron chi connectivity index (χ0n) is 14.2. The summed E-state index contributed by atoms with van der Waals surface area (Å²) in [5.41, 5.74) is 0.635. The first-order valence-electron chi connectivity index (χ1n) is 7.75. The van der Waals surface area contributed by atoms with E-state index in [9.17, 15) is 4.79 Å². The summed E-state index contributed by atoms with van der Waals surface area (Å²) in [5.74, 6) is 0.638. The van der Waals surface area contributed by atoms with Crippen LogP contribution >= 0.6 is 0 Å². The molecule has 0 bridgehead atoms. The summed E-state index contributed by atoms with van der Waals surface area (Å²) >= 11 is 0. The van der Waals surface area contributed by atoms with Crippen LogP contribution < -0.4 is 10.1 Å². The van der Waals surface area contributed by atoms with Gasteiger partial charge >= 0.3 is 0 Å². The van der Waals surface area contributed by atoms with E-state index in [1.165, 1.54) is 0 Å². The lowest BCUT2D eigenvalue weighted by Crippen LogP contribution is -2.68. The summed E-state index contributed by atoms with van der Waals surface area (Å²) in [6.07, 6.45) is 1.15. The number of benzene rings is 1. The fourth-order valence-electron chi connectivity index (χ4n) is 2.97. The molecular weight excluding hydrogens is 292 g/mol. The average Bonchev–Trinajstić information content (AvgIpc) is 2.53. The number of ether oxygens (including phenoxy) is 2. The van der Waals surface area contributed by atoms with Crippen molar-refractivity contribution in [2.24, 2.45) is 5.41 Å². The first-order valence-corrected chi connectivity index (χ1v) is 7.75. The molecule has 1 N–H and O–H groups in total. The van der Waals surface area contributed by atoms with Crippen LogP contribution in [0, 0.1) is 16.7 Å². The quantitative estimate of drug-likeness (QED) is 0.875. The van der Waals surface area contributed by atoms with E-state index in [4.69, 9.17) is 14.7 Å². The van der Waals surface area contributed by atoms with Crippen LogP contribution in [-0.2, 0) is 16.0 Å². The summed E-state index contributed by atoms with van der Waals surface area (Å²) in [4.78, 5) is 12.2. The molecule has 0 unspecified atom stereocenters. The second-order valence-electron chi connectivity index (χ2n) is 6.75. The number of nitrogens with one attached hydrogen (secondary N) is 1. The molecule has 1 saturated carbocycles. The molecule has 0 spiro atoms. The highest BCUT2D eigenvalue weighted by molar-refractivity contribution is 5.79. The molecule has 0 heterocycles. The summed E-state index contributed by atoms with van der Waals surface area (Å²) in [5, 5.41) is 11.6. The second kappa shape index (κ2) is 6.59. The van der Waals surface area contributed by atoms with Crippen molar-refractivity contribution in [1.82, 2.24) is 5.32 Å². The summed E-state index contributed by atoms with van der Waals surface area (Å²) < 4.78 is 10.8. The van der Waals surface area contributed by atoms with Crippen molar-refractivity contribution in [3.63, 3.8) is 0 Å². The third kappa shape index (κ3) is 3.48. The van der Waals surface area contributed by atoms with Crippen molar-refractivity contribution in [2.45, 2.75) is 45.3 Å². The van der Waals surface area contributed by atoms with Gasteiger partial charge in [-0.1, -0.05) is 26.0 Å². The van der Waals surface area contributed by atoms with E-state index >= 15 is 0 Å². The Balaban J connectivity index is 1.87. The van der Waals surface area contributed by atoms with Gasteiger partial charge in [0.2, 0.25) is 5.91 Å². The third-order valence-corrected chi connectivity index (χ3v) is 5.20. The fraction of sp³-hybridized carbons (Fsp3) is 0.556. The Kier molecular flexibility index (Phi) is 4.96. The van der Waals surface area contributed by atoms with Crippen LogP contribution in [0.2, 0.25) is 0 Å². The van der Waals surface area contributed by atoms with Crippen LogP contribution in [0.15, 0.2) is 24.3 Å². The minimum absolute atomic E-state index is 0.00641. The molecule has 1 aliphatic carbocycles. The lowest BCUT2D eigenvalue weighted by atomic mass is 9.56. The molecule has 1 aromatic carbocycles. The van der Waals surface area contributed by atoms with Crippen LogP contribution in [0.4, 0.5) is 0 Å². The highest BCUT2D eigenvalue weighted by atomic mass is 16.5. The van der Waals surface area contributed by atoms with Crippen molar-refractivity contribution in [2.75, 3.05) is 13.7 Å². The van der Waals surface area contributed by atoms with Gasteiger partial charge in [0.15, 0.2) is 6.61 Å². The minimum atomic E-state index is -0.190. The van der Waals surface area contributed by atoms with E-state index in [1.807, 2.05) is 18.2 Å². The standard InChI is InChI=1S/C18H24N2O3/c1-17(2)15(12-18(17,3)22-4)20-16(21)11-13-5-7-14(8-6-13)23-10-9-19/h5-8,15H,10-12H2,1-4H3,(H,20,21)/t15-,18+/m1/s1. The van der Waals surface area contributed by atoms with E-state index in [-0.39, 0.29) is 29.6 Å². The van der Waals surface area contributed by atoms with Crippen LogP contribution in [0.25, 0.3) is 0 Å². The van der Waals surface area contributed by atoms with E-state index in [0.717, 1.165) is 12.0 Å². The first kappa shape index (κ1) is 17.3. The van der Waals surface area contributed by atoms with Crippen LogP contribution in [0.1, 0.15) is 32.8 Å². The number of amides is 1. The molecule has 0 radical (unpaired) electrons. The van der Waals surface area contributed by atoms with Gasteiger partial charge in [0.05, 0.1) is 12.0 Å². The van der Waals surface area contributed by atoms with Gasteiger partial charge < -0.3 is 14.8 Å². The van der Waals surface area contributed by atoms with E-state index in [1.54, 1.807) is 19.2 Å². The van der Waals surface area contributed by atoms with Crippen molar-refractivity contribution in [3.05, 3.63) is 29.8 Å². The zero-order chi connectivity index (χ0) is 17.1. The maximum absolute atomic E-state index is 12.2. The molecule has 23 heavy (non-hydrogen) atoms. The molecule has 124 valence electrons. The van der Waals surface area contributed by atoms with E-state index in [0.29, 0.717) is 12.2 Å². The lowest BCUT2D eigenvalue weighted by molar-refractivity contribution is -0.182. The Bertz CT molecular complexity index is 604. The van der Waals surface area contributed by atoms with Gasteiger partial charge in [-0.2, -0.15) is 5.26 Å². The van der Waals surface area contributed by atoms with Crippen molar-refractivity contribution in [1.29, 1.82) is 5.26 Å². The van der Waals surface area contributed by atoms with Gasteiger partial charge in [0.1, 0.15) is 11.8 Å². The largest absolute Gasteiger partial charge is 0.479 e. The molecule has 1 fully saturated rings. The third-order valence-electron chi connectivity index (χ3n) is 5.20. The Hall–Kier alpha value is -2.06. The smallest absolute Gasteiger partial charge is 0.224 e. The Morgan fingerprint density at radius 1 is 1.35 bits per heavy atom. The Labute approximate surface area is 137 Å². The molecule has 5 nitrogen and oxygen atoms in total. The average molecular weight is 316 g/mol. The summed E-state index contributed by atoms with van der Waals surface area (Å²) in [6, 6.07) is 9.28. The molecule has 2 rings (SSSR count). The number of hydrogen-bond acceptors (Lipinski definition) is 4.